The summed E-state index contributed by atoms with van der Waals surface area (Å²) in [5.74, 6) is -1.05. The third-order valence-corrected chi connectivity index (χ3v) is 7.27. The molecule has 2 aromatic carbocycles. The van der Waals surface area contributed by atoms with Gasteiger partial charge in [-0.15, -0.1) is 0 Å². The molecular weight excluding hydrogens is 451 g/mol. The van der Waals surface area contributed by atoms with Crippen LogP contribution in [0.2, 0.25) is 5.02 Å². The number of hydrogen-bond donors (Lipinski definition) is 1. The van der Waals surface area contributed by atoms with Crippen LogP contribution in [0.5, 0.6) is 0 Å². The van der Waals surface area contributed by atoms with E-state index in [0.717, 1.165) is 16.1 Å². The highest BCUT2D eigenvalue weighted by Crippen LogP contribution is 2.42. The number of aromatic nitrogens is 2. The normalized spacial score (nSPS) is 14.0. The van der Waals surface area contributed by atoms with Crippen LogP contribution in [-0.2, 0) is 14.8 Å². The Morgan fingerprint density at radius 2 is 2.03 bits per heavy atom. The van der Waals surface area contributed by atoms with Gasteiger partial charge < -0.3 is 5.32 Å². The van der Waals surface area contributed by atoms with Crippen LogP contribution < -0.4 is 9.62 Å². The van der Waals surface area contributed by atoms with Crippen LogP contribution in [0.25, 0.3) is 11.3 Å². The molecule has 0 radical (unpaired) electrons. The lowest BCUT2D eigenvalue weighted by Crippen LogP contribution is -2.31. The quantitative estimate of drug-likeness (QED) is 0.466. The van der Waals surface area contributed by atoms with Crippen molar-refractivity contribution < 1.29 is 17.6 Å². The Balaban J connectivity index is 1.60. The molecule has 0 bridgehead atoms. The van der Waals surface area contributed by atoms with Crippen molar-refractivity contribution in [2.24, 2.45) is 0 Å². The second-order valence-corrected chi connectivity index (χ2v) is 9.63. The summed E-state index contributed by atoms with van der Waals surface area (Å²) < 4.78 is 40.4. The second kappa shape index (κ2) is 7.86. The highest BCUT2D eigenvalue weighted by molar-refractivity contribution is 7.99. The van der Waals surface area contributed by atoms with E-state index in [9.17, 15) is 17.6 Å². The Morgan fingerprint density at radius 3 is 2.80 bits per heavy atom. The van der Waals surface area contributed by atoms with Gasteiger partial charge in [0.1, 0.15) is 10.7 Å². The molecule has 1 amide bonds. The first kappa shape index (κ1) is 20.6. The number of nitrogens with one attached hydrogen (secondary N) is 1. The van der Waals surface area contributed by atoms with Crippen LogP contribution >= 0.6 is 23.4 Å². The third kappa shape index (κ3) is 3.73. The molecule has 0 aliphatic carbocycles. The lowest BCUT2D eigenvalue weighted by Gasteiger charge is -2.28. The van der Waals surface area contributed by atoms with Gasteiger partial charge in [0.25, 0.3) is 10.0 Å². The maximum absolute atomic E-state index is 13.7. The first-order valence-electron chi connectivity index (χ1n) is 8.60. The number of nitrogens with zero attached hydrogens (tertiary/aromatic N) is 3. The van der Waals surface area contributed by atoms with Crippen LogP contribution in [0.1, 0.15) is 0 Å². The van der Waals surface area contributed by atoms with Gasteiger partial charge in [-0.05, 0) is 30.3 Å². The maximum atomic E-state index is 13.7. The average molecular weight is 465 g/mol. The predicted octanol–water partition coefficient (Wildman–Crippen LogP) is 3.81. The molecule has 0 saturated carbocycles. The smallest absolute Gasteiger partial charge is 0.267 e. The summed E-state index contributed by atoms with van der Waals surface area (Å²) >= 11 is 7.04. The Kier molecular flexibility index (Phi) is 5.39. The Morgan fingerprint density at radius 1 is 1.27 bits per heavy atom. The summed E-state index contributed by atoms with van der Waals surface area (Å²) in [6.45, 7) is 0. The van der Waals surface area contributed by atoms with E-state index >= 15 is 0 Å². The highest BCUT2D eigenvalue weighted by Gasteiger charge is 2.34. The molecule has 0 unspecified atom stereocenters. The Hall–Kier alpha value is -2.69. The Labute approximate surface area is 181 Å². The van der Waals surface area contributed by atoms with Crippen molar-refractivity contribution in [1.82, 2.24) is 9.97 Å². The highest BCUT2D eigenvalue weighted by atomic mass is 35.5. The van der Waals surface area contributed by atoms with Gasteiger partial charge in [-0.2, -0.15) is 0 Å². The van der Waals surface area contributed by atoms with E-state index in [0.29, 0.717) is 16.3 Å². The first-order valence-corrected chi connectivity index (χ1v) is 11.4. The van der Waals surface area contributed by atoms with Crippen LogP contribution in [0.3, 0.4) is 0 Å². The number of rotatable bonds is 4. The fourth-order valence-corrected chi connectivity index (χ4v) is 5.00. The lowest BCUT2D eigenvalue weighted by atomic mass is 10.1. The molecule has 4 rings (SSSR count). The summed E-state index contributed by atoms with van der Waals surface area (Å²) in [4.78, 5) is 20.5. The molecule has 1 aliphatic rings. The molecule has 1 aliphatic heterocycles. The van der Waals surface area contributed by atoms with Gasteiger partial charge >= 0.3 is 0 Å². The lowest BCUT2D eigenvalue weighted by molar-refractivity contribution is -0.113. The molecule has 2 heterocycles. The largest absolute Gasteiger partial charge is 0.323 e. The molecule has 1 aromatic heterocycles. The van der Waals surface area contributed by atoms with Crippen molar-refractivity contribution in [3.63, 3.8) is 0 Å². The van der Waals surface area contributed by atoms with Crippen molar-refractivity contribution in [1.29, 1.82) is 0 Å². The number of anilines is 2. The molecule has 154 valence electrons. The molecule has 0 fully saturated rings. The zero-order valence-electron chi connectivity index (χ0n) is 15.5. The van der Waals surface area contributed by atoms with Crippen molar-refractivity contribution >= 4 is 50.7 Å². The fraction of sp³-hybridized carbons (Fsp3) is 0.105. The molecule has 0 spiro atoms. The molecule has 11 heteroatoms. The van der Waals surface area contributed by atoms with Gasteiger partial charge in [-0.3, -0.25) is 9.10 Å². The van der Waals surface area contributed by atoms with E-state index in [-0.39, 0.29) is 27.2 Å². The number of sulfonamides is 1. The number of para-hydroxylation sites is 1. The molecule has 0 atom stereocenters. The minimum Gasteiger partial charge on any atom is -0.323 e. The van der Waals surface area contributed by atoms with E-state index in [2.05, 4.69) is 15.3 Å². The molecule has 3 aromatic rings. The van der Waals surface area contributed by atoms with Crippen LogP contribution in [0.4, 0.5) is 15.8 Å². The molecule has 1 N–H and O–H groups in total. The summed E-state index contributed by atoms with van der Waals surface area (Å²) in [6, 6.07) is 10.7. The topological polar surface area (TPSA) is 92.3 Å². The number of thioether (sulfide) groups is 1. The van der Waals surface area contributed by atoms with Gasteiger partial charge in [0.15, 0.2) is 5.16 Å². The van der Waals surface area contributed by atoms with Gasteiger partial charge in [0.05, 0.1) is 29.0 Å². The van der Waals surface area contributed by atoms with Crippen LogP contribution in [0.15, 0.2) is 58.7 Å². The average Bonchev–Trinajstić information content (AvgIpc) is 2.72. The minimum absolute atomic E-state index is 0.0278. The Bertz CT molecular complexity index is 1270. The van der Waals surface area contributed by atoms with Crippen molar-refractivity contribution in [3.05, 3.63) is 59.5 Å². The number of carbonyl (C=O) groups excluding carboxylic acids is 1. The summed E-state index contributed by atoms with van der Waals surface area (Å²) in [6.07, 6.45) is 1.23. The number of benzene rings is 2. The SMILES string of the molecule is CN1c2cc(Cl)ccc2-c2nc(SCC(=O)Nc3ccccc3F)ncc2S1(=O)=O. The molecule has 0 saturated heterocycles. The zero-order chi connectivity index (χ0) is 21.5. The predicted molar refractivity (Wildman–Crippen MR) is 114 cm³/mol. The van der Waals surface area contributed by atoms with Gasteiger partial charge in [-0.25, -0.2) is 22.8 Å². The number of halogens is 2. The summed E-state index contributed by atoms with van der Waals surface area (Å²) in [7, 11) is -2.39. The number of hydrogen-bond acceptors (Lipinski definition) is 6. The van der Waals surface area contributed by atoms with E-state index in [1.807, 2.05) is 0 Å². The minimum atomic E-state index is -3.82. The number of carbonyl (C=O) groups is 1. The van der Waals surface area contributed by atoms with Crippen molar-refractivity contribution in [3.8, 4) is 11.3 Å². The van der Waals surface area contributed by atoms with Gasteiger partial charge in [-0.1, -0.05) is 35.5 Å². The number of amides is 1. The van der Waals surface area contributed by atoms with Crippen LogP contribution in [-0.4, -0.2) is 37.1 Å². The monoisotopic (exact) mass is 464 g/mol. The van der Waals surface area contributed by atoms with E-state index in [4.69, 9.17) is 11.6 Å². The zero-order valence-corrected chi connectivity index (χ0v) is 17.9. The molecular formula is C19H14ClFN4O3S2. The fourth-order valence-electron chi connectivity index (χ4n) is 2.93. The van der Waals surface area contributed by atoms with Crippen molar-refractivity contribution in [2.45, 2.75) is 10.1 Å². The maximum Gasteiger partial charge on any atom is 0.267 e. The molecule has 30 heavy (non-hydrogen) atoms. The van der Waals surface area contributed by atoms with Gasteiger partial charge in [0, 0.05) is 17.6 Å². The summed E-state index contributed by atoms with van der Waals surface area (Å²) in [5, 5.41) is 3.09. The molecule has 7 nitrogen and oxygen atoms in total. The van der Waals surface area contributed by atoms with Crippen molar-refractivity contribution in [2.75, 3.05) is 22.4 Å². The second-order valence-electron chi connectivity index (χ2n) is 6.32. The van der Waals surface area contributed by atoms with E-state index in [1.165, 1.54) is 31.4 Å². The first-order chi connectivity index (χ1) is 14.3. The standard InChI is InChI=1S/C19H14ClFN4O3S2/c1-25-15-8-11(20)6-7-12(15)18-16(30(25,27)28)9-22-19(24-18)29-10-17(26)23-14-5-3-2-4-13(14)21/h2-9H,10H2,1H3,(H,23,26). The van der Waals surface area contributed by atoms with Gasteiger partial charge in [0.2, 0.25) is 5.91 Å². The van der Waals surface area contributed by atoms with E-state index in [1.54, 1.807) is 24.3 Å². The third-order valence-electron chi connectivity index (χ3n) is 4.41. The van der Waals surface area contributed by atoms with Crippen LogP contribution in [0, 0.1) is 5.82 Å². The summed E-state index contributed by atoms with van der Waals surface area (Å²) in [5.41, 5.74) is 1.31. The van der Waals surface area contributed by atoms with E-state index < -0.39 is 21.7 Å². The number of fused-ring (bicyclic) bond motifs is 3.